The van der Waals surface area contributed by atoms with E-state index in [0.29, 0.717) is 0 Å². The van der Waals surface area contributed by atoms with E-state index in [1.807, 2.05) is 19.2 Å². The molecule has 0 amide bonds. The summed E-state index contributed by atoms with van der Waals surface area (Å²) < 4.78 is 0. The summed E-state index contributed by atoms with van der Waals surface area (Å²) in [6.45, 7) is 4.18. The standard InChI is InChI=1S/C12H17N5/c1-3-4-10-7-11(16-8-15-10)17-9(2)12-13-5-6-14-12/h5-9H,3-4H2,1-2H3,(H,13,14)(H,15,16,17). The molecule has 2 heterocycles. The summed E-state index contributed by atoms with van der Waals surface area (Å²) in [6, 6.07) is 2.09. The van der Waals surface area contributed by atoms with Gasteiger partial charge in [-0.05, 0) is 13.3 Å². The maximum absolute atomic E-state index is 4.22. The first-order valence-electron chi connectivity index (χ1n) is 5.86. The Labute approximate surface area is 101 Å². The van der Waals surface area contributed by atoms with Crippen molar-refractivity contribution in [2.24, 2.45) is 0 Å². The number of H-pyrrole nitrogens is 1. The molecule has 0 aliphatic carbocycles. The number of aromatic amines is 1. The van der Waals surface area contributed by atoms with Crippen molar-refractivity contribution in [3.8, 4) is 0 Å². The number of anilines is 1. The fraction of sp³-hybridized carbons (Fsp3) is 0.417. The van der Waals surface area contributed by atoms with Crippen molar-refractivity contribution in [1.82, 2.24) is 19.9 Å². The number of aryl methyl sites for hydroxylation is 1. The first-order valence-corrected chi connectivity index (χ1v) is 5.86. The molecule has 0 aliphatic heterocycles. The molecule has 0 saturated carbocycles. The molecular formula is C12H17N5. The van der Waals surface area contributed by atoms with Gasteiger partial charge >= 0.3 is 0 Å². The number of hydrogen-bond donors (Lipinski definition) is 2. The van der Waals surface area contributed by atoms with Crippen molar-refractivity contribution >= 4 is 5.82 Å². The Morgan fingerprint density at radius 1 is 1.35 bits per heavy atom. The van der Waals surface area contributed by atoms with Crippen LogP contribution < -0.4 is 5.32 Å². The normalized spacial score (nSPS) is 12.4. The second kappa shape index (κ2) is 5.43. The molecule has 0 spiro atoms. The summed E-state index contributed by atoms with van der Waals surface area (Å²) in [5.41, 5.74) is 1.07. The number of aromatic nitrogens is 4. The quantitative estimate of drug-likeness (QED) is 0.828. The predicted molar refractivity (Wildman–Crippen MR) is 66.7 cm³/mol. The van der Waals surface area contributed by atoms with E-state index < -0.39 is 0 Å². The van der Waals surface area contributed by atoms with Gasteiger partial charge in [-0.2, -0.15) is 0 Å². The zero-order chi connectivity index (χ0) is 12.1. The third-order valence-electron chi connectivity index (χ3n) is 2.52. The van der Waals surface area contributed by atoms with Crippen LogP contribution in [0, 0.1) is 0 Å². The molecule has 0 fully saturated rings. The van der Waals surface area contributed by atoms with E-state index >= 15 is 0 Å². The molecule has 2 aromatic rings. The minimum absolute atomic E-state index is 0.106. The zero-order valence-electron chi connectivity index (χ0n) is 10.1. The van der Waals surface area contributed by atoms with Gasteiger partial charge in [0, 0.05) is 24.2 Å². The molecule has 2 aromatic heterocycles. The van der Waals surface area contributed by atoms with Gasteiger partial charge in [-0.1, -0.05) is 13.3 Å². The van der Waals surface area contributed by atoms with Crippen LogP contribution in [0.3, 0.4) is 0 Å². The maximum Gasteiger partial charge on any atom is 0.130 e. The van der Waals surface area contributed by atoms with Crippen molar-refractivity contribution < 1.29 is 0 Å². The van der Waals surface area contributed by atoms with Crippen LogP contribution in [0.4, 0.5) is 5.82 Å². The van der Waals surface area contributed by atoms with Gasteiger partial charge in [0.1, 0.15) is 18.0 Å². The highest BCUT2D eigenvalue weighted by molar-refractivity contribution is 5.36. The lowest BCUT2D eigenvalue weighted by Crippen LogP contribution is -2.10. The lowest BCUT2D eigenvalue weighted by Gasteiger charge is -2.12. The van der Waals surface area contributed by atoms with E-state index in [1.165, 1.54) is 0 Å². The van der Waals surface area contributed by atoms with Crippen molar-refractivity contribution in [3.63, 3.8) is 0 Å². The maximum atomic E-state index is 4.22. The van der Waals surface area contributed by atoms with Gasteiger partial charge in [0.05, 0.1) is 6.04 Å². The summed E-state index contributed by atoms with van der Waals surface area (Å²) in [4.78, 5) is 15.7. The average Bonchev–Trinajstić information content (AvgIpc) is 2.83. The molecule has 5 heteroatoms. The SMILES string of the molecule is CCCc1cc(NC(C)c2ncc[nH]2)ncn1. The van der Waals surface area contributed by atoms with Gasteiger partial charge in [-0.3, -0.25) is 0 Å². The highest BCUT2D eigenvalue weighted by Gasteiger charge is 2.08. The second-order valence-electron chi connectivity index (χ2n) is 3.99. The molecule has 1 unspecified atom stereocenters. The van der Waals surface area contributed by atoms with Crippen LogP contribution in [-0.4, -0.2) is 19.9 Å². The summed E-state index contributed by atoms with van der Waals surface area (Å²) in [7, 11) is 0. The molecule has 5 nitrogen and oxygen atoms in total. The van der Waals surface area contributed by atoms with E-state index in [1.54, 1.807) is 12.5 Å². The molecule has 0 aromatic carbocycles. The third-order valence-corrected chi connectivity index (χ3v) is 2.52. The molecule has 2 rings (SSSR count). The number of nitrogens with zero attached hydrogens (tertiary/aromatic N) is 3. The fourth-order valence-electron chi connectivity index (χ4n) is 1.67. The Morgan fingerprint density at radius 2 is 2.24 bits per heavy atom. The Morgan fingerprint density at radius 3 is 2.94 bits per heavy atom. The number of nitrogens with one attached hydrogen (secondary N) is 2. The molecule has 90 valence electrons. The van der Waals surface area contributed by atoms with Crippen LogP contribution in [-0.2, 0) is 6.42 Å². The average molecular weight is 231 g/mol. The summed E-state index contributed by atoms with van der Waals surface area (Å²) in [6.07, 6.45) is 7.23. The first-order chi connectivity index (χ1) is 8.29. The summed E-state index contributed by atoms with van der Waals surface area (Å²) >= 11 is 0. The van der Waals surface area contributed by atoms with E-state index in [9.17, 15) is 0 Å². The largest absolute Gasteiger partial charge is 0.360 e. The molecule has 0 aliphatic rings. The predicted octanol–water partition coefficient (Wildman–Crippen LogP) is 2.33. The van der Waals surface area contributed by atoms with Crippen LogP contribution in [0.1, 0.15) is 37.8 Å². The van der Waals surface area contributed by atoms with E-state index in [4.69, 9.17) is 0 Å². The Bertz CT molecular complexity index is 452. The second-order valence-corrected chi connectivity index (χ2v) is 3.99. The van der Waals surface area contributed by atoms with Crippen LogP contribution in [0.2, 0.25) is 0 Å². The van der Waals surface area contributed by atoms with Crippen LogP contribution in [0.25, 0.3) is 0 Å². The number of hydrogen-bond acceptors (Lipinski definition) is 4. The lowest BCUT2D eigenvalue weighted by atomic mass is 10.2. The lowest BCUT2D eigenvalue weighted by molar-refractivity contribution is 0.798. The molecule has 17 heavy (non-hydrogen) atoms. The first kappa shape index (κ1) is 11.6. The highest BCUT2D eigenvalue weighted by Crippen LogP contribution is 2.14. The van der Waals surface area contributed by atoms with Crippen molar-refractivity contribution in [3.05, 3.63) is 36.3 Å². The number of imidazole rings is 1. The van der Waals surface area contributed by atoms with Crippen LogP contribution >= 0.6 is 0 Å². The van der Waals surface area contributed by atoms with Crippen molar-refractivity contribution in [2.45, 2.75) is 32.7 Å². The third kappa shape index (κ3) is 3.03. The van der Waals surface area contributed by atoms with Gasteiger partial charge in [-0.25, -0.2) is 15.0 Å². The molecule has 1 atom stereocenters. The minimum Gasteiger partial charge on any atom is -0.360 e. The molecule has 2 N–H and O–H groups in total. The van der Waals surface area contributed by atoms with Gasteiger partial charge in [0.25, 0.3) is 0 Å². The number of rotatable bonds is 5. The van der Waals surface area contributed by atoms with Gasteiger partial charge in [0.15, 0.2) is 0 Å². The van der Waals surface area contributed by atoms with Gasteiger partial charge in [-0.15, -0.1) is 0 Å². The molecule has 0 radical (unpaired) electrons. The van der Waals surface area contributed by atoms with Gasteiger partial charge in [0.2, 0.25) is 0 Å². The van der Waals surface area contributed by atoms with E-state index in [2.05, 4.69) is 32.2 Å². The fourth-order valence-corrected chi connectivity index (χ4v) is 1.67. The highest BCUT2D eigenvalue weighted by atomic mass is 15.1. The van der Waals surface area contributed by atoms with Crippen molar-refractivity contribution in [2.75, 3.05) is 5.32 Å². The minimum atomic E-state index is 0.106. The molecule has 0 bridgehead atoms. The van der Waals surface area contributed by atoms with Crippen LogP contribution in [0.5, 0.6) is 0 Å². The Kier molecular flexibility index (Phi) is 3.69. The molecule has 0 saturated heterocycles. The van der Waals surface area contributed by atoms with E-state index in [-0.39, 0.29) is 6.04 Å². The topological polar surface area (TPSA) is 66.5 Å². The Hall–Kier alpha value is -1.91. The van der Waals surface area contributed by atoms with E-state index in [0.717, 1.165) is 30.2 Å². The molecular weight excluding hydrogens is 214 g/mol. The Balaban J connectivity index is 2.05. The monoisotopic (exact) mass is 231 g/mol. The van der Waals surface area contributed by atoms with Gasteiger partial charge < -0.3 is 10.3 Å². The van der Waals surface area contributed by atoms with Crippen LogP contribution in [0.15, 0.2) is 24.8 Å². The smallest absolute Gasteiger partial charge is 0.130 e. The zero-order valence-corrected chi connectivity index (χ0v) is 10.1. The summed E-state index contributed by atoms with van der Waals surface area (Å²) in [5.74, 6) is 1.74. The summed E-state index contributed by atoms with van der Waals surface area (Å²) in [5, 5.41) is 3.30. The van der Waals surface area contributed by atoms with Crippen molar-refractivity contribution in [1.29, 1.82) is 0 Å².